The van der Waals surface area contributed by atoms with Crippen molar-refractivity contribution in [1.29, 1.82) is 0 Å². The van der Waals surface area contributed by atoms with E-state index in [1.165, 1.54) is 12.8 Å². The first-order valence-corrected chi connectivity index (χ1v) is 15.4. The summed E-state index contributed by atoms with van der Waals surface area (Å²) in [5.74, 6) is 0. The molecule has 0 unspecified atom stereocenters. The molecule has 0 atom stereocenters. The molecule has 2 heterocycles. The van der Waals surface area contributed by atoms with Crippen LogP contribution in [0, 0.1) is 6.92 Å². The minimum absolute atomic E-state index is 0.0363. The fraction of sp³-hybridized carbons (Fsp3) is 0.343. The summed E-state index contributed by atoms with van der Waals surface area (Å²) in [4.78, 5) is 1.95. The third-order valence-corrected chi connectivity index (χ3v) is 7.44. The first-order chi connectivity index (χ1) is 21.6. The summed E-state index contributed by atoms with van der Waals surface area (Å²) < 4.78 is 4.43. The third kappa shape index (κ3) is 10.4. The molecule has 230 valence electrons. The molecule has 0 bridgehead atoms. The molecule has 4 rings (SSSR count). The number of aliphatic hydroxyl groups excluding tert-OH is 2. The van der Waals surface area contributed by atoms with E-state index in [0.29, 0.717) is 13.1 Å². The molecule has 44 heavy (non-hydrogen) atoms. The fourth-order valence-corrected chi connectivity index (χ4v) is 4.85. The maximum absolute atomic E-state index is 9.29. The van der Waals surface area contributed by atoms with Gasteiger partial charge in [0.25, 0.3) is 0 Å². The summed E-state index contributed by atoms with van der Waals surface area (Å²) >= 11 is 0. The number of nitrogens with zero attached hydrogens (tertiary/aromatic N) is 7. The van der Waals surface area contributed by atoms with Crippen molar-refractivity contribution in [3.8, 4) is 0 Å². The topological polar surface area (TPSA) is 91.8 Å². The average Bonchev–Trinajstić information content (AvgIpc) is 3.06. The number of hydrogen-bond donors (Lipinski definition) is 2. The number of azo groups is 1. The molecule has 2 N–H and O–H groups in total. The zero-order valence-corrected chi connectivity index (χ0v) is 25.9. The van der Waals surface area contributed by atoms with Gasteiger partial charge < -0.3 is 15.1 Å². The minimum Gasteiger partial charge on any atom is -0.395 e. The van der Waals surface area contributed by atoms with E-state index in [1.54, 1.807) is 0 Å². The van der Waals surface area contributed by atoms with Crippen molar-refractivity contribution < 1.29 is 19.3 Å². The highest BCUT2D eigenvalue weighted by Gasteiger charge is 2.08. The molecule has 0 aliphatic carbocycles. The van der Waals surface area contributed by atoms with Crippen LogP contribution in [0.2, 0.25) is 0 Å². The summed E-state index contributed by atoms with van der Waals surface area (Å²) in [5.41, 5.74) is 5.69. The van der Waals surface area contributed by atoms with E-state index in [4.69, 9.17) is 0 Å². The molecular weight excluding hydrogens is 550 g/mol. The summed E-state index contributed by atoms with van der Waals surface area (Å²) in [7, 11) is 1.95. The standard InChI is InChI=1S/C35H45N7O2/c1-30-28-34(42(24-26-43)25-27-44)12-13-35(30)38-37-32-16-22-41(23-17-32)19-9-4-3-8-18-40-20-14-31(15-21-40)29-36-39(2)33-10-6-5-7-11-33/h5-7,10-17,20-23,28-29,43-44H,3-4,8-9,18-19,24-27H2,1-2H3/q+2. The lowest BCUT2D eigenvalue weighted by Gasteiger charge is -2.23. The fourth-order valence-electron chi connectivity index (χ4n) is 4.85. The highest BCUT2D eigenvalue weighted by Crippen LogP contribution is 2.26. The lowest BCUT2D eigenvalue weighted by Crippen LogP contribution is -2.33. The van der Waals surface area contributed by atoms with Crippen LogP contribution in [0.4, 0.5) is 22.7 Å². The molecule has 0 radical (unpaired) electrons. The summed E-state index contributed by atoms with van der Waals surface area (Å²) in [6.07, 6.45) is 14.9. The molecule has 9 heteroatoms. The zero-order valence-electron chi connectivity index (χ0n) is 25.9. The number of benzene rings is 2. The van der Waals surface area contributed by atoms with Gasteiger partial charge in [0.15, 0.2) is 24.8 Å². The van der Waals surface area contributed by atoms with Crippen molar-refractivity contribution in [2.24, 2.45) is 15.3 Å². The Labute approximate surface area is 261 Å². The van der Waals surface area contributed by atoms with E-state index in [-0.39, 0.29) is 13.2 Å². The van der Waals surface area contributed by atoms with Gasteiger partial charge in [-0.05, 0) is 55.7 Å². The Morgan fingerprint density at radius 2 is 1.32 bits per heavy atom. The number of aliphatic hydroxyl groups is 2. The molecule has 0 saturated heterocycles. The first-order valence-electron chi connectivity index (χ1n) is 15.4. The normalized spacial score (nSPS) is 11.5. The summed E-state index contributed by atoms with van der Waals surface area (Å²) in [6, 6.07) is 24.2. The molecule has 9 nitrogen and oxygen atoms in total. The maximum Gasteiger partial charge on any atom is 0.171 e. The van der Waals surface area contributed by atoms with Crippen LogP contribution in [0.25, 0.3) is 0 Å². The number of aryl methyl sites for hydroxylation is 3. The van der Waals surface area contributed by atoms with Gasteiger partial charge in [-0.2, -0.15) is 15.3 Å². The van der Waals surface area contributed by atoms with E-state index in [9.17, 15) is 10.2 Å². The predicted octanol–water partition coefficient (Wildman–Crippen LogP) is 5.51. The first kappa shape index (κ1) is 32.4. The Kier molecular flexibility index (Phi) is 13.0. The number of pyridine rings is 2. The highest BCUT2D eigenvalue weighted by atomic mass is 16.3. The molecule has 2 aromatic heterocycles. The van der Waals surface area contributed by atoms with Crippen molar-refractivity contribution in [1.82, 2.24) is 0 Å². The summed E-state index contributed by atoms with van der Waals surface area (Å²) in [5, 5.41) is 33.8. The van der Waals surface area contributed by atoms with E-state index in [1.807, 2.05) is 90.8 Å². The van der Waals surface area contributed by atoms with Crippen LogP contribution in [0.15, 0.2) is 113 Å². The highest BCUT2D eigenvalue weighted by molar-refractivity contribution is 5.79. The number of hydrogen-bond acceptors (Lipinski definition) is 7. The molecule has 0 aliphatic heterocycles. The zero-order chi connectivity index (χ0) is 31.0. The number of aromatic nitrogens is 2. The summed E-state index contributed by atoms with van der Waals surface area (Å²) in [6.45, 7) is 5.01. The molecule has 0 saturated carbocycles. The van der Waals surface area contributed by atoms with Crippen molar-refractivity contribution in [3.63, 3.8) is 0 Å². The van der Waals surface area contributed by atoms with Crippen molar-refractivity contribution in [2.75, 3.05) is 43.3 Å². The van der Waals surface area contributed by atoms with Gasteiger partial charge in [-0.1, -0.05) is 18.2 Å². The van der Waals surface area contributed by atoms with Crippen molar-refractivity contribution in [2.45, 2.75) is 45.7 Å². The van der Waals surface area contributed by atoms with E-state index in [0.717, 1.165) is 59.8 Å². The largest absolute Gasteiger partial charge is 0.395 e. The minimum atomic E-state index is 0.0363. The number of unbranched alkanes of at least 4 members (excludes halogenated alkanes) is 3. The molecule has 0 amide bonds. The molecule has 0 spiro atoms. The smallest absolute Gasteiger partial charge is 0.171 e. The number of para-hydroxylation sites is 1. The Balaban J connectivity index is 1.14. The molecule has 4 aromatic rings. The van der Waals surface area contributed by atoms with Gasteiger partial charge >= 0.3 is 0 Å². The van der Waals surface area contributed by atoms with Gasteiger partial charge in [0.1, 0.15) is 13.1 Å². The Hall–Kier alpha value is -4.47. The molecule has 0 aliphatic rings. The lowest BCUT2D eigenvalue weighted by atomic mass is 10.1. The second-order valence-corrected chi connectivity index (χ2v) is 10.8. The maximum atomic E-state index is 9.29. The van der Waals surface area contributed by atoms with Gasteiger partial charge in [-0.25, -0.2) is 9.13 Å². The van der Waals surface area contributed by atoms with Gasteiger partial charge in [-0.3, -0.25) is 5.01 Å². The number of rotatable bonds is 17. The Morgan fingerprint density at radius 1 is 0.705 bits per heavy atom. The van der Waals surface area contributed by atoms with Gasteiger partial charge in [0.05, 0.1) is 36.5 Å². The monoisotopic (exact) mass is 595 g/mol. The van der Waals surface area contributed by atoms with E-state index in [2.05, 4.69) is 61.4 Å². The second-order valence-electron chi connectivity index (χ2n) is 10.8. The average molecular weight is 596 g/mol. The van der Waals surface area contributed by atoms with Crippen LogP contribution in [0.3, 0.4) is 0 Å². The predicted molar refractivity (Wildman–Crippen MR) is 176 cm³/mol. The van der Waals surface area contributed by atoms with Gasteiger partial charge in [0.2, 0.25) is 0 Å². The van der Waals surface area contributed by atoms with Crippen LogP contribution in [0.5, 0.6) is 0 Å². The van der Waals surface area contributed by atoms with Crippen LogP contribution in [-0.4, -0.2) is 49.8 Å². The Morgan fingerprint density at radius 3 is 1.91 bits per heavy atom. The number of anilines is 2. The lowest BCUT2D eigenvalue weighted by molar-refractivity contribution is -0.698. The van der Waals surface area contributed by atoms with Crippen molar-refractivity contribution in [3.05, 3.63) is 109 Å². The van der Waals surface area contributed by atoms with Crippen LogP contribution < -0.4 is 19.0 Å². The number of hydrazone groups is 1. The van der Waals surface area contributed by atoms with Crippen LogP contribution >= 0.6 is 0 Å². The molecule has 0 fully saturated rings. The Bertz CT molecular complexity index is 1450. The van der Waals surface area contributed by atoms with Gasteiger partial charge in [0, 0.05) is 68.5 Å². The van der Waals surface area contributed by atoms with E-state index < -0.39 is 0 Å². The second kappa shape index (κ2) is 17.6. The third-order valence-electron chi connectivity index (χ3n) is 7.44. The van der Waals surface area contributed by atoms with E-state index >= 15 is 0 Å². The van der Waals surface area contributed by atoms with Crippen LogP contribution in [-0.2, 0) is 13.1 Å². The molecule has 2 aromatic carbocycles. The molecular formula is C35H45N7O2+2. The van der Waals surface area contributed by atoms with Crippen LogP contribution in [0.1, 0.15) is 36.8 Å². The van der Waals surface area contributed by atoms with Gasteiger partial charge in [-0.15, -0.1) is 0 Å². The quantitative estimate of drug-likeness (QED) is 0.0554. The SMILES string of the molecule is Cc1cc(N(CCO)CCO)ccc1N=Nc1cc[n+](CCCCCC[n+]2ccc(C=NN(C)c3ccccc3)cc2)cc1. The van der Waals surface area contributed by atoms with Crippen molar-refractivity contribution >= 4 is 29.0 Å².